The van der Waals surface area contributed by atoms with E-state index in [1.165, 1.54) is 12.0 Å². The molecule has 2 N–H and O–H groups in total. The quantitative estimate of drug-likeness (QED) is 0.789. The minimum Gasteiger partial charge on any atom is -0.468 e. The minimum atomic E-state index is -0.616. The van der Waals surface area contributed by atoms with Crippen LogP contribution in [0.2, 0.25) is 0 Å². The zero-order chi connectivity index (χ0) is 13.5. The maximum atomic E-state index is 12.1. The highest BCUT2D eigenvalue weighted by Gasteiger charge is 2.23. The third kappa shape index (κ3) is 3.56. The highest BCUT2D eigenvalue weighted by atomic mass is 16.5. The molecular formula is C13H18N2O3. The number of hydrogen-bond acceptors (Lipinski definition) is 4. The van der Waals surface area contributed by atoms with Crippen molar-refractivity contribution in [3.63, 3.8) is 0 Å². The van der Waals surface area contributed by atoms with Crippen LogP contribution in [-0.4, -0.2) is 31.6 Å². The summed E-state index contributed by atoms with van der Waals surface area (Å²) in [5, 5.41) is 0. The lowest BCUT2D eigenvalue weighted by Crippen LogP contribution is -2.46. The van der Waals surface area contributed by atoms with Gasteiger partial charge in [0, 0.05) is 5.69 Å². The fraction of sp³-hybridized carbons (Fsp3) is 0.385. The third-order valence-corrected chi connectivity index (χ3v) is 2.61. The first-order valence-corrected chi connectivity index (χ1v) is 5.79. The molecule has 5 nitrogen and oxygen atoms in total. The van der Waals surface area contributed by atoms with Crippen LogP contribution >= 0.6 is 0 Å². The molecular weight excluding hydrogens is 232 g/mol. The second kappa shape index (κ2) is 6.76. The average Bonchev–Trinajstić information content (AvgIpc) is 2.43. The molecule has 18 heavy (non-hydrogen) atoms. The Morgan fingerprint density at radius 1 is 1.33 bits per heavy atom. The lowest BCUT2D eigenvalue weighted by Gasteiger charge is -2.24. The number of hydrogen-bond donors (Lipinski definition) is 1. The van der Waals surface area contributed by atoms with Crippen LogP contribution in [0.15, 0.2) is 30.3 Å². The Morgan fingerprint density at radius 3 is 2.44 bits per heavy atom. The Hall–Kier alpha value is -1.88. The number of anilines is 1. The van der Waals surface area contributed by atoms with Crippen molar-refractivity contribution in [3.8, 4) is 0 Å². The molecule has 1 rings (SSSR count). The van der Waals surface area contributed by atoms with Crippen molar-refractivity contribution in [1.82, 2.24) is 0 Å². The first-order chi connectivity index (χ1) is 8.60. The fourth-order valence-corrected chi connectivity index (χ4v) is 1.47. The van der Waals surface area contributed by atoms with Crippen molar-refractivity contribution in [1.29, 1.82) is 0 Å². The fourth-order valence-electron chi connectivity index (χ4n) is 1.47. The van der Waals surface area contributed by atoms with E-state index in [2.05, 4.69) is 4.74 Å². The van der Waals surface area contributed by atoms with Gasteiger partial charge in [0.1, 0.15) is 6.54 Å². The predicted octanol–water partition coefficient (Wildman–Crippen LogP) is 0.930. The van der Waals surface area contributed by atoms with Gasteiger partial charge in [-0.3, -0.25) is 14.5 Å². The summed E-state index contributed by atoms with van der Waals surface area (Å²) in [6, 6.07) is 8.32. The molecule has 0 spiro atoms. The van der Waals surface area contributed by atoms with Crippen LogP contribution in [0.3, 0.4) is 0 Å². The summed E-state index contributed by atoms with van der Waals surface area (Å²) in [7, 11) is 1.29. The first kappa shape index (κ1) is 14.2. The van der Waals surface area contributed by atoms with Crippen molar-refractivity contribution in [3.05, 3.63) is 30.3 Å². The first-order valence-electron chi connectivity index (χ1n) is 5.79. The number of carbonyl (C=O) groups is 2. The van der Waals surface area contributed by atoms with Gasteiger partial charge in [0.2, 0.25) is 5.91 Å². The normalized spacial score (nSPS) is 11.7. The number of amides is 1. The van der Waals surface area contributed by atoms with Gasteiger partial charge < -0.3 is 10.5 Å². The summed E-state index contributed by atoms with van der Waals surface area (Å²) in [5.41, 5.74) is 6.36. The summed E-state index contributed by atoms with van der Waals surface area (Å²) in [6.07, 6.45) is 0.517. The summed E-state index contributed by atoms with van der Waals surface area (Å²) in [5.74, 6) is -0.760. The van der Waals surface area contributed by atoms with Crippen LogP contribution in [0.4, 0.5) is 5.69 Å². The number of carbonyl (C=O) groups excluding carboxylic acids is 2. The van der Waals surface area contributed by atoms with Gasteiger partial charge in [-0.05, 0) is 18.6 Å². The maximum Gasteiger partial charge on any atom is 0.325 e. The number of nitrogens with two attached hydrogens (primary N) is 1. The van der Waals surface area contributed by atoms with E-state index in [9.17, 15) is 9.59 Å². The van der Waals surface area contributed by atoms with Crippen LogP contribution in [0.5, 0.6) is 0 Å². The summed E-state index contributed by atoms with van der Waals surface area (Å²) < 4.78 is 4.59. The maximum absolute atomic E-state index is 12.1. The third-order valence-electron chi connectivity index (χ3n) is 2.61. The molecule has 0 heterocycles. The minimum absolute atomic E-state index is 0.132. The highest BCUT2D eigenvalue weighted by molar-refractivity contribution is 6.00. The Morgan fingerprint density at radius 2 is 1.94 bits per heavy atom. The van der Waals surface area contributed by atoms with Gasteiger partial charge in [-0.25, -0.2) is 0 Å². The Balaban J connectivity index is 2.95. The highest BCUT2D eigenvalue weighted by Crippen LogP contribution is 2.14. The van der Waals surface area contributed by atoms with Gasteiger partial charge in [-0.1, -0.05) is 25.1 Å². The number of nitrogens with zero attached hydrogens (tertiary/aromatic N) is 1. The van der Waals surface area contributed by atoms with E-state index in [1.54, 1.807) is 24.3 Å². The molecule has 0 fully saturated rings. The predicted molar refractivity (Wildman–Crippen MR) is 69.1 cm³/mol. The molecule has 1 atom stereocenters. The number of para-hydroxylation sites is 1. The molecule has 0 saturated heterocycles. The standard InChI is InChI=1S/C13H18N2O3/c1-3-11(14)13(17)15(9-12(16)18-2)10-7-5-4-6-8-10/h4-8,11H,3,9,14H2,1-2H3. The molecule has 0 bridgehead atoms. The van der Waals surface area contributed by atoms with Crippen LogP contribution < -0.4 is 10.6 Å². The SMILES string of the molecule is CCC(N)C(=O)N(CC(=O)OC)c1ccccc1. The van der Waals surface area contributed by atoms with Crippen LogP contribution in [-0.2, 0) is 14.3 Å². The van der Waals surface area contributed by atoms with Gasteiger partial charge in [-0.15, -0.1) is 0 Å². The average molecular weight is 250 g/mol. The van der Waals surface area contributed by atoms with E-state index >= 15 is 0 Å². The Bertz CT molecular complexity index is 406. The zero-order valence-corrected chi connectivity index (χ0v) is 10.6. The zero-order valence-electron chi connectivity index (χ0n) is 10.6. The summed E-state index contributed by atoms with van der Waals surface area (Å²) in [4.78, 5) is 24.8. The van der Waals surface area contributed by atoms with Crippen LogP contribution in [0.25, 0.3) is 0 Å². The van der Waals surface area contributed by atoms with E-state index in [-0.39, 0.29) is 12.5 Å². The van der Waals surface area contributed by atoms with E-state index in [0.29, 0.717) is 12.1 Å². The van der Waals surface area contributed by atoms with Crippen molar-refractivity contribution >= 4 is 17.6 Å². The summed E-state index contributed by atoms with van der Waals surface area (Å²) in [6.45, 7) is 1.69. The molecule has 0 aliphatic rings. The lowest BCUT2D eigenvalue weighted by molar-refractivity contribution is -0.140. The topological polar surface area (TPSA) is 72.6 Å². The molecule has 0 aromatic heterocycles. The molecule has 1 aromatic carbocycles. The van der Waals surface area contributed by atoms with E-state index in [1.807, 2.05) is 13.0 Å². The molecule has 1 unspecified atom stereocenters. The van der Waals surface area contributed by atoms with E-state index < -0.39 is 12.0 Å². The van der Waals surface area contributed by atoms with Crippen LogP contribution in [0, 0.1) is 0 Å². The number of benzene rings is 1. The molecule has 98 valence electrons. The molecule has 1 aromatic rings. The second-order valence-electron chi connectivity index (χ2n) is 3.85. The second-order valence-corrected chi connectivity index (χ2v) is 3.85. The molecule has 5 heteroatoms. The van der Waals surface area contributed by atoms with E-state index in [0.717, 1.165) is 0 Å². The van der Waals surface area contributed by atoms with Gasteiger partial charge >= 0.3 is 5.97 Å². The largest absolute Gasteiger partial charge is 0.468 e. The smallest absolute Gasteiger partial charge is 0.325 e. The van der Waals surface area contributed by atoms with Gasteiger partial charge in [0.15, 0.2) is 0 Å². The van der Waals surface area contributed by atoms with Crippen molar-refractivity contribution in [2.75, 3.05) is 18.6 Å². The molecule has 0 radical (unpaired) electrons. The number of ether oxygens (including phenoxy) is 1. The van der Waals surface area contributed by atoms with Crippen molar-refractivity contribution in [2.45, 2.75) is 19.4 Å². The molecule has 0 aliphatic carbocycles. The van der Waals surface area contributed by atoms with Crippen LogP contribution in [0.1, 0.15) is 13.3 Å². The van der Waals surface area contributed by atoms with Gasteiger partial charge in [0.25, 0.3) is 0 Å². The van der Waals surface area contributed by atoms with Crippen molar-refractivity contribution < 1.29 is 14.3 Å². The molecule has 0 aliphatic heterocycles. The molecule has 1 amide bonds. The van der Waals surface area contributed by atoms with Crippen molar-refractivity contribution in [2.24, 2.45) is 5.73 Å². The van der Waals surface area contributed by atoms with Gasteiger partial charge in [0.05, 0.1) is 13.2 Å². The molecule has 0 saturated carbocycles. The monoisotopic (exact) mass is 250 g/mol. The number of esters is 1. The Kier molecular flexibility index (Phi) is 5.32. The van der Waals surface area contributed by atoms with E-state index in [4.69, 9.17) is 5.73 Å². The summed E-state index contributed by atoms with van der Waals surface area (Å²) >= 11 is 0. The lowest BCUT2D eigenvalue weighted by atomic mass is 10.2. The number of methoxy groups -OCH3 is 1. The van der Waals surface area contributed by atoms with Gasteiger partial charge in [-0.2, -0.15) is 0 Å². The number of rotatable bonds is 5. The Labute approximate surface area is 107 Å².